The highest BCUT2D eigenvalue weighted by Crippen LogP contribution is 2.12. The van der Waals surface area contributed by atoms with Crippen LogP contribution in [0.15, 0.2) is 0 Å². The molecule has 4 atom stereocenters. The Morgan fingerprint density at radius 2 is 1.56 bits per heavy atom. The highest BCUT2D eigenvalue weighted by molar-refractivity contribution is 4.71. The third-order valence-electron chi connectivity index (χ3n) is 2.44. The quantitative estimate of drug-likeness (QED) is 0.600. The molecule has 0 aromatic heterocycles. The average molecular weight is 234 g/mol. The van der Waals surface area contributed by atoms with Crippen molar-refractivity contribution in [1.82, 2.24) is 0 Å². The Morgan fingerprint density at radius 1 is 1.00 bits per heavy atom. The van der Waals surface area contributed by atoms with Gasteiger partial charge >= 0.3 is 0 Å². The predicted octanol–water partition coefficient (Wildman–Crippen LogP) is -1.11. The molecule has 6 heteroatoms. The van der Waals surface area contributed by atoms with Crippen molar-refractivity contribution in [3.8, 4) is 0 Å². The van der Waals surface area contributed by atoms with Gasteiger partial charge in [0.25, 0.3) is 0 Å². The molecular weight excluding hydrogens is 216 g/mol. The van der Waals surface area contributed by atoms with Gasteiger partial charge in [-0.1, -0.05) is 0 Å². The minimum absolute atomic E-state index is 0.392. The van der Waals surface area contributed by atoms with Crippen molar-refractivity contribution >= 4 is 0 Å². The van der Waals surface area contributed by atoms with Crippen LogP contribution in [-0.4, -0.2) is 67.8 Å². The summed E-state index contributed by atoms with van der Waals surface area (Å²) in [5.74, 6) is 0. The summed E-state index contributed by atoms with van der Waals surface area (Å²) in [6.45, 7) is 3.74. The van der Waals surface area contributed by atoms with Crippen LogP contribution in [0.1, 0.15) is 6.42 Å². The number of hydrogen-bond acceptors (Lipinski definition) is 6. The lowest BCUT2D eigenvalue weighted by atomic mass is 10.3. The molecule has 3 fully saturated rings. The van der Waals surface area contributed by atoms with Crippen LogP contribution in [0.5, 0.6) is 0 Å². The fourth-order valence-electron chi connectivity index (χ4n) is 1.22. The van der Waals surface area contributed by atoms with Crippen LogP contribution in [0.2, 0.25) is 0 Å². The van der Waals surface area contributed by atoms with Crippen molar-refractivity contribution in [2.45, 2.75) is 31.0 Å². The third-order valence-corrected chi connectivity index (χ3v) is 2.44. The van der Waals surface area contributed by atoms with Gasteiger partial charge in [0.2, 0.25) is 0 Å². The topological polar surface area (TPSA) is 84.0 Å². The Labute approximate surface area is 94.1 Å². The van der Waals surface area contributed by atoms with E-state index in [0.717, 1.165) is 26.4 Å². The molecule has 6 nitrogen and oxygen atoms in total. The molecule has 0 amide bonds. The van der Waals surface area contributed by atoms with Gasteiger partial charge in [-0.2, -0.15) is 0 Å². The standard InChI is InChI=1S/C6H10O3.C4H8O3/c1(5-3-8-5)7-2-6-4-9-6;5-3-1-2-7-4(3)6/h5-6H,1-4H2;3-6H,1-2H2. The Balaban J connectivity index is 0.000000125. The zero-order valence-corrected chi connectivity index (χ0v) is 9.08. The fourth-order valence-corrected chi connectivity index (χ4v) is 1.22. The van der Waals surface area contributed by atoms with Crippen LogP contribution in [0.25, 0.3) is 0 Å². The smallest absolute Gasteiger partial charge is 0.180 e. The molecule has 0 spiro atoms. The van der Waals surface area contributed by atoms with Gasteiger partial charge in [-0.05, 0) is 0 Å². The highest BCUT2D eigenvalue weighted by atomic mass is 16.6. The molecule has 4 unspecified atom stereocenters. The third kappa shape index (κ3) is 4.73. The van der Waals surface area contributed by atoms with Crippen LogP contribution in [0.4, 0.5) is 0 Å². The van der Waals surface area contributed by atoms with Gasteiger partial charge in [0.15, 0.2) is 6.29 Å². The molecule has 3 aliphatic heterocycles. The monoisotopic (exact) mass is 234 g/mol. The van der Waals surface area contributed by atoms with E-state index < -0.39 is 12.4 Å². The van der Waals surface area contributed by atoms with Crippen LogP contribution < -0.4 is 0 Å². The van der Waals surface area contributed by atoms with Crippen LogP contribution in [-0.2, 0) is 18.9 Å². The first-order valence-corrected chi connectivity index (χ1v) is 5.54. The highest BCUT2D eigenvalue weighted by Gasteiger charge is 2.26. The first-order chi connectivity index (χ1) is 7.75. The summed E-state index contributed by atoms with van der Waals surface area (Å²) >= 11 is 0. The maximum atomic E-state index is 8.62. The van der Waals surface area contributed by atoms with E-state index >= 15 is 0 Å². The molecule has 3 rings (SSSR count). The largest absolute Gasteiger partial charge is 0.388 e. The summed E-state index contributed by atoms with van der Waals surface area (Å²) in [4.78, 5) is 0. The zero-order valence-electron chi connectivity index (χ0n) is 9.08. The first kappa shape index (κ1) is 12.2. The molecule has 2 N–H and O–H groups in total. The van der Waals surface area contributed by atoms with Gasteiger partial charge in [0.1, 0.15) is 18.3 Å². The number of rotatable bonds is 4. The molecular formula is C10H18O6. The molecule has 0 saturated carbocycles. The molecule has 3 saturated heterocycles. The van der Waals surface area contributed by atoms with E-state index in [1.54, 1.807) is 0 Å². The van der Waals surface area contributed by atoms with Crippen LogP contribution >= 0.6 is 0 Å². The lowest BCUT2D eigenvalue weighted by Crippen LogP contribution is -2.18. The van der Waals surface area contributed by atoms with Crippen LogP contribution in [0.3, 0.4) is 0 Å². The van der Waals surface area contributed by atoms with E-state index in [9.17, 15) is 0 Å². The number of aliphatic hydroxyl groups excluding tert-OH is 2. The van der Waals surface area contributed by atoms with E-state index in [1.807, 2.05) is 0 Å². The first-order valence-electron chi connectivity index (χ1n) is 5.54. The van der Waals surface area contributed by atoms with E-state index in [4.69, 9.17) is 24.4 Å². The van der Waals surface area contributed by atoms with Crippen molar-refractivity contribution < 1.29 is 29.2 Å². The molecule has 3 heterocycles. The van der Waals surface area contributed by atoms with Gasteiger partial charge in [-0.25, -0.2) is 0 Å². The maximum Gasteiger partial charge on any atom is 0.180 e. The van der Waals surface area contributed by atoms with E-state index in [0.29, 0.717) is 25.2 Å². The van der Waals surface area contributed by atoms with E-state index in [1.165, 1.54) is 0 Å². The fraction of sp³-hybridized carbons (Fsp3) is 1.00. The Bertz CT molecular complexity index is 183. The van der Waals surface area contributed by atoms with Crippen molar-refractivity contribution in [1.29, 1.82) is 0 Å². The maximum absolute atomic E-state index is 8.62. The molecule has 3 aliphatic rings. The zero-order chi connectivity index (χ0) is 11.4. The number of hydrogen-bond donors (Lipinski definition) is 2. The minimum Gasteiger partial charge on any atom is -0.388 e. The van der Waals surface area contributed by atoms with Crippen molar-refractivity contribution in [2.75, 3.05) is 33.0 Å². The Morgan fingerprint density at radius 3 is 1.81 bits per heavy atom. The lowest BCUT2D eigenvalue weighted by Gasteiger charge is -2.02. The van der Waals surface area contributed by atoms with Gasteiger partial charge in [-0.15, -0.1) is 0 Å². The SMILES string of the molecule is C(OCC1CO1)C1CO1.OC1CCOC1O. The predicted molar refractivity (Wildman–Crippen MR) is 52.9 cm³/mol. The van der Waals surface area contributed by atoms with Gasteiger partial charge < -0.3 is 29.2 Å². The second-order valence-electron chi connectivity index (χ2n) is 4.07. The summed E-state index contributed by atoms with van der Waals surface area (Å²) in [6.07, 6.45) is -0.242. The summed E-state index contributed by atoms with van der Waals surface area (Å²) in [7, 11) is 0. The van der Waals surface area contributed by atoms with Crippen molar-refractivity contribution in [3.05, 3.63) is 0 Å². The molecule has 94 valence electrons. The minimum atomic E-state index is -0.931. The van der Waals surface area contributed by atoms with Gasteiger partial charge in [0, 0.05) is 6.42 Å². The van der Waals surface area contributed by atoms with Crippen LogP contribution in [0, 0.1) is 0 Å². The molecule has 0 aromatic carbocycles. The summed E-state index contributed by atoms with van der Waals surface area (Å²) in [5.41, 5.74) is 0. The molecule has 0 aromatic rings. The normalized spacial score (nSPS) is 40.1. The van der Waals surface area contributed by atoms with E-state index in [-0.39, 0.29) is 0 Å². The van der Waals surface area contributed by atoms with Crippen molar-refractivity contribution in [3.63, 3.8) is 0 Å². The molecule has 0 bridgehead atoms. The van der Waals surface area contributed by atoms with Crippen molar-refractivity contribution in [2.24, 2.45) is 0 Å². The van der Waals surface area contributed by atoms with Gasteiger partial charge in [0.05, 0.1) is 33.0 Å². The summed E-state index contributed by atoms with van der Waals surface area (Å²) < 4.78 is 19.7. The lowest BCUT2D eigenvalue weighted by molar-refractivity contribution is -0.107. The Hall–Kier alpha value is -0.240. The average Bonchev–Trinajstić information content (AvgIpc) is 3.14. The number of epoxide rings is 2. The molecule has 0 radical (unpaired) electrons. The summed E-state index contributed by atoms with van der Waals surface area (Å²) in [6, 6.07) is 0. The second-order valence-corrected chi connectivity index (χ2v) is 4.07. The number of aliphatic hydroxyl groups is 2. The summed E-state index contributed by atoms with van der Waals surface area (Å²) in [5, 5.41) is 17.1. The van der Waals surface area contributed by atoms with E-state index in [2.05, 4.69) is 4.74 Å². The molecule has 16 heavy (non-hydrogen) atoms. The number of ether oxygens (including phenoxy) is 4. The Kier molecular flexibility index (Phi) is 4.51. The molecule has 0 aliphatic carbocycles. The van der Waals surface area contributed by atoms with Gasteiger partial charge in [-0.3, -0.25) is 0 Å². The second kappa shape index (κ2) is 5.90.